The number of alkyl halides is 4. The van der Waals surface area contributed by atoms with Gasteiger partial charge in [-0.25, -0.2) is 22.0 Å². The summed E-state index contributed by atoms with van der Waals surface area (Å²) >= 11 is 0. The van der Waals surface area contributed by atoms with Gasteiger partial charge in [0.05, 0.1) is 0 Å². The molecular formula is C9H5ClF9N3. The van der Waals surface area contributed by atoms with Crippen LogP contribution in [-0.2, 0) is 5.92 Å². The van der Waals surface area contributed by atoms with Gasteiger partial charge >= 0.3 is 12.0 Å². The first-order valence-electron chi connectivity index (χ1n) is 4.74. The van der Waals surface area contributed by atoms with Crippen molar-refractivity contribution < 1.29 is 39.5 Å². The van der Waals surface area contributed by atoms with Crippen LogP contribution in [0.5, 0.6) is 0 Å². The Morgan fingerprint density at radius 3 is 1.45 bits per heavy atom. The monoisotopic (exact) mass is 361 g/mol. The van der Waals surface area contributed by atoms with Gasteiger partial charge in [0.1, 0.15) is 5.56 Å². The molecule has 0 saturated carbocycles. The molecule has 13 heteroatoms. The van der Waals surface area contributed by atoms with Crippen molar-refractivity contribution in [3.8, 4) is 0 Å². The van der Waals surface area contributed by atoms with Crippen LogP contribution in [0.2, 0.25) is 0 Å². The highest BCUT2D eigenvalue weighted by Gasteiger charge is 2.61. The minimum absolute atomic E-state index is 0. The highest BCUT2D eigenvalue weighted by molar-refractivity contribution is 5.85. The minimum atomic E-state index is -5.89. The van der Waals surface area contributed by atoms with Crippen molar-refractivity contribution in [2.45, 2.75) is 12.0 Å². The summed E-state index contributed by atoms with van der Waals surface area (Å²) in [6, 6.07) is -5.59. The Kier molecular flexibility index (Phi) is 5.59. The molecule has 0 aliphatic rings. The number of rotatable bonds is 3. The van der Waals surface area contributed by atoms with E-state index in [1.165, 1.54) is 0 Å². The Bertz CT molecular complexity index is 575. The molecule has 0 bridgehead atoms. The molecule has 126 valence electrons. The number of hydrogen-bond donors (Lipinski definition) is 3. The number of guanidine groups is 1. The molecular weight excluding hydrogens is 357 g/mol. The fourth-order valence-electron chi connectivity index (χ4n) is 1.29. The lowest BCUT2D eigenvalue weighted by molar-refractivity contribution is -0.227. The molecule has 0 aliphatic heterocycles. The zero-order valence-electron chi connectivity index (χ0n) is 9.89. The predicted molar refractivity (Wildman–Crippen MR) is 57.4 cm³/mol. The number of halogens is 10. The molecule has 0 aliphatic carbocycles. The molecule has 22 heavy (non-hydrogen) atoms. The van der Waals surface area contributed by atoms with Gasteiger partial charge in [-0.05, 0) is 0 Å². The van der Waals surface area contributed by atoms with Crippen molar-refractivity contribution in [1.29, 1.82) is 5.41 Å². The SMILES string of the molecule is Cl.N=C(N)NC(F)(F)C(F)(F)c1c(F)c(F)c(F)c(F)c1F. The molecule has 3 nitrogen and oxygen atoms in total. The molecule has 0 unspecified atom stereocenters. The molecule has 0 saturated heterocycles. The minimum Gasteiger partial charge on any atom is -0.370 e. The maximum absolute atomic E-state index is 13.4. The summed E-state index contributed by atoms with van der Waals surface area (Å²) in [6.45, 7) is 0. The Balaban J connectivity index is 0.00000441. The second-order valence-electron chi connectivity index (χ2n) is 3.63. The molecule has 0 radical (unpaired) electrons. The zero-order chi connectivity index (χ0) is 16.7. The lowest BCUT2D eigenvalue weighted by Crippen LogP contribution is -2.55. The number of benzene rings is 1. The van der Waals surface area contributed by atoms with E-state index in [1.807, 2.05) is 0 Å². The normalized spacial score (nSPS) is 11.9. The molecule has 1 rings (SSSR count). The second-order valence-corrected chi connectivity index (χ2v) is 3.63. The Labute approximate surface area is 122 Å². The van der Waals surface area contributed by atoms with Gasteiger partial charge in [-0.15, -0.1) is 12.4 Å². The van der Waals surface area contributed by atoms with Crippen LogP contribution in [0.25, 0.3) is 0 Å². The first kappa shape index (κ1) is 20.1. The lowest BCUT2D eigenvalue weighted by Gasteiger charge is -2.28. The van der Waals surface area contributed by atoms with Gasteiger partial charge in [0.25, 0.3) is 0 Å². The molecule has 1 aromatic rings. The van der Waals surface area contributed by atoms with Crippen LogP contribution in [0, 0.1) is 34.5 Å². The van der Waals surface area contributed by atoms with Gasteiger partial charge in [-0.3, -0.25) is 10.7 Å². The number of hydrogen-bond acceptors (Lipinski definition) is 1. The number of nitrogens with two attached hydrogens (primary N) is 1. The molecule has 0 aromatic heterocycles. The highest BCUT2D eigenvalue weighted by atomic mass is 35.5. The highest BCUT2D eigenvalue weighted by Crippen LogP contribution is 2.44. The van der Waals surface area contributed by atoms with Crippen LogP contribution < -0.4 is 11.1 Å². The van der Waals surface area contributed by atoms with Gasteiger partial charge in [0.2, 0.25) is 5.82 Å². The average Bonchev–Trinajstić information content (AvgIpc) is 2.32. The van der Waals surface area contributed by atoms with Crippen molar-refractivity contribution in [1.82, 2.24) is 5.32 Å². The smallest absolute Gasteiger partial charge is 0.370 e. The van der Waals surface area contributed by atoms with Gasteiger partial charge < -0.3 is 5.73 Å². The standard InChI is InChI=1S/C9H4F9N3.ClH/c10-2-1(3(11)5(13)6(14)4(2)12)8(15,16)9(17,18)21-7(19)20;/h(H4,19,20,21);1H. The summed E-state index contributed by atoms with van der Waals surface area (Å²) in [5.41, 5.74) is 1.33. The topological polar surface area (TPSA) is 61.9 Å². The molecule has 0 amide bonds. The van der Waals surface area contributed by atoms with Crippen molar-refractivity contribution in [3.05, 3.63) is 34.6 Å². The Hall–Kier alpha value is -1.85. The van der Waals surface area contributed by atoms with E-state index in [0.29, 0.717) is 5.32 Å². The van der Waals surface area contributed by atoms with E-state index in [1.54, 1.807) is 0 Å². The van der Waals surface area contributed by atoms with E-state index < -0.39 is 52.6 Å². The second kappa shape index (κ2) is 6.10. The van der Waals surface area contributed by atoms with Crippen LogP contribution in [0.15, 0.2) is 0 Å². The third-order valence-electron chi connectivity index (χ3n) is 2.21. The summed E-state index contributed by atoms with van der Waals surface area (Å²) in [4.78, 5) is 0. The quantitative estimate of drug-likeness (QED) is 0.194. The third kappa shape index (κ3) is 3.00. The summed E-state index contributed by atoms with van der Waals surface area (Å²) < 4.78 is 117. The molecule has 0 atom stereocenters. The van der Waals surface area contributed by atoms with Gasteiger partial charge in [0, 0.05) is 0 Å². The zero-order valence-corrected chi connectivity index (χ0v) is 10.7. The van der Waals surface area contributed by atoms with E-state index in [-0.39, 0.29) is 12.4 Å². The van der Waals surface area contributed by atoms with E-state index in [4.69, 9.17) is 5.41 Å². The van der Waals surface area contributed by atoms with Crippen LogP contribution in [0.4, 0.5) is 39.5 Å². The third-order valence-corrected chi connectivity index (χ3v) is 2.21. The molecule has 0 fully saturated rings. The molecule has 0 heterocycles. The molecule has 1 aromatic carbocycles. The van der Waals surface area contributed by atoms with Crippen LogP contribution in [0.1, 0.15) is 5.56 Å². The Morgan fingerprint density at radius 2 is 1.14 bits per heavy atom. The molecule has 0 spiro atoms. The van der Waals surface area contributed by atoms with E-state index in [0.717, 1.165) is 0 Å². The fraction of sp³-hybridized carbons (Fsp3) is 0.222. The average molecular weight is 362 g/mol. The summed E-state index contributed by atoms with van der Waals surface area (Å²) in [6.07, 6.45) is 0. The lowest BCUT2D eigenvalue weighted by atomic mass is 10.0. The largest absolute Gasteiger partial charge is 0.393 e. The first-order chi connectivity index (χ1) is 9.34. The van der Waals surface area contributed by atoms with E-state index in [9.17, 15) is 39.5 Å². The first-order valence-corrected chi connectivity index (χ1v) is 4.74. The summed E-state index contributed by atoms with van der Waals surface area (Å²) in [7, 11) is 0. The van der Waals surface area contributed by atoms with E-state index >= 15 is 0 Å². The predicted octanol–water partition coefficient (Wildman–Crippen LogP) is 2.97. The summed E-state index contributed by atoms with van der Waals surface area (Å²) in [5.74, 6) is -22.3. The van der Waals surface area contributed by atoms with Gasteiger partial charge in [0.15, 0.2) is 29.2 Å². The maximum atomic E-state index is 13.4. The Morgan fingerprint density at radius 1 is 0.818 bits per heavy atom. The molecule has 4 N–H and O–H groups in total. The van der Waals surface area contributed by atoms with Crippen molar-refractivity contribution in [2.24, 2.45) is 5.73 Å². The van der Waals surface area contributed by atoms with Crippen molar-refractivity contribution in [3.63, 3.8) is 0 Å². The van der Waals surface area contributed by atoms with Crippen molar-refractivity contribution in [2.75, 3.05) is 0 Å². The van der Waals surface area contributed by atoms with Gasteiger partial charge in [-0.1, -0.05) is 0 Å². The number of nitrogens with one attached hydrogen (secondary N) is 2. The van der Waals surface area contributed by atoms with Crippen LogP contribution >= 0.6 is 12.4 Å². The van der Waals surface area contributed by atoms with Crippen LogP contribution in [0.3, 0.4) is 0 Å². The van der Waals surface area contributed by atoms with Crippen molar-refractivity contribution >= 4 is 18.4 Å². The van der Waals surface area contributed by atoms with Gasteiger partial charge in [-0.2, -0.15) is 17.6 Å². The fourth-order valence-corrected chi connectivity index (χ4v) is 1.29. The maximum Gasteiger partial charge on any atom is 0.393 e. The van der Waals surface area contributed by atoms with Crippen LogP contribution in [-0.4, -0.2) is 12.0 Å². The van der Waals surface area contributed by atoms with E-state index in [2.05, 4.69) is 5.73 Å². The summed E-state index contributed by atoms with van der Waals surface area (Å²) in [5, 5.41) is 6.75.